The van der Waals surface area contributed by atoms with Crippen molar-refractivity contribution in [2.24, 2.45) is 0 Å². The molecule has 20 heavy (non-hydrogen) atoms. The summed E-state index contributed by atoms with van der Waals surface area (Å²) in [5, 5.41) is 2.20. The van der Waals surface area contributed by atoms with Gasteiger partial charge in [-0.2, -0.15) is 0 Å². The van der Waals surface area contributed by atoms with Gasteiger partial charge in [0.2, 0.25) is 0 Å². The number of ether oxygens (including phenoxy) is 1. The van der Waals surface area contributed by atoms with Crippen LogP contribution >= 0.6 is 0 Å². The highest BCUT2D eigenvalue weighted by Gasteiger charge is 2.36. The molecule has 1 saturated heterocycles. The first-order valence-electron chi connectivity index (χ1n) is 7.35. The number of nitrogens with zero attached hydrogens (tertiary/aromatic N) is 2. The van der Waals surface area contributed by atoms with Gasteiger partial charge in [0.25, 0.3) is 0 Å². The maximum atomic E-state index is 6.42. The molecule has 1 aliphatic heterocycles. The summed E-state index contributed by atoms with van der Waals surface area (Å²) in [7, 11) is 0. The van der Waals surface area contributed by atoms with E-state index in [-0.39, 0.29) is 0 Å². The molecule has 1 aromatic carbocycles. The summed E-state index contributed by atoms with van der Waals surface area (Å²) in [6, 6.07) is 6.75. The van der Waals surface area contributed by atoms with Crippen molar-refractivity contribution in [3.05, 3.63) is 30.6 Å². The third-order valence-corrected chi connectivity index (χ3v) is 4.63. The zero-order chi connectivity index (χ0) is 13.5. The van der Waals surface area contributed by atoms with Crippen molar-refractivity contribution in [1.29, 1.82) is 0 Å². The summed E-state index contributed by atoms with van der Waals surface area (Å²) in [5.41, 5.74) is 8.45. The fourth-order valence-electron chi connectivity index (χ4n) is 3.66. The Morgan fingerprint density at radius 3 is 3.15 bits per heavy atom. The lowest BCUT2D eigenvalue weighted by atomic mass is 10.1. The minimum atomic E-state index is 0.385. The summed E-state index contributed by atoms with van der Waals surface area (Å²) in [4.78, 5) is 6.61. The van der Waals surface area contributed by atoms with Gasteiger partial charge in [0, 0.05) is 29.7 Å². The van der Waals surface area contributed by atoms with Crippen LogP contribution in [0.3, 0.4) is 0 Å². The van der Waals surface area contributed by atoms with Crippen LogP contribution in [0.2, 0.25) is 0 Å². The molecule has 104 valence electrons. The highest BCUT2D eigenvalue weighted by Crippen LogP contribution is 2.38. The molecule has 0 bridgehead atoms. The first-order valence-corrected chi connectivity index (χ1v) is 7.35. The van der Waals surface area contributed by atoms with Crippen molar-refractivity contribution in [2.75, 3.05) is 23.8 Å². The van der Waals surface area contributed by atoms with Crippen LogP contribution in [0.5, 0.6) is 0 Å². The Hall–Kier alpha value is -1.81. The van der Waals surface area contributed by atoms with Crippen LogP contribution in [0.15, 0.2) is 30.6 Å². The third-order valence-electron chi connectivity index (χ3n) is 4.63. The second-order valence-corrected chi connectivity index (χ2v) is 5.70. The van der Waals surface area contributed by atoms with Crippen LogP contribution < -0.4 is 10.6 Å². The quantitative estimate of drug-likeness (QED) is 0.808. The zero-order valence-electron chi connectivity index (χ0n) is 11.5. The largest absolute Gasteiger partial charge is 0.397 e. The second kappa shape index (κ2) is 4.63. The van der Waals surface area contributed by atoms with E-state index in [0.29, 0.717) is 12.1 Å². The van der Waals surface area contributed by atoms with Crippen molar-refractivity contribution in [3.63, 3.8) is 0 Å². The molecule has 2 heterocycles. The highest BCUT2D eigenvalue weighted by molar-refractivity contribution is 5.98. The first-order chi connectivity index (χ1) is 9.84. The topological polar surface area (TPSA) is 51.4 Å². The summed E-state index contributed by atoms with van der Waals surface area (Å²) >= 11 is 0. The molecule has 2 N–H and O–H groups in total. The minimum Gasteiger partial charge on any atom is -0.397 e. The van der Waals surface area contributed by atoms with E-state index in [1.807, 2.05) is 12.3 Å². The van der Waals surface area contributed by atoms with Gasteiger partial charge in [-0.1, -0.05) is 6.07 Å². The molecule has 1 saturated carbocycles. The van der Waals surface area contributed by atoms with Crippen LogP contribution in [0, 0.1) is 0 Å². The molecular formula is C16H19N3O. The number of hydrogen-bond acceptors (Lipinski definition) is 4. The van der Waals surface area contributed by atoms with Gasteiger partial charge < -0.3 is 15.4 Å². The minimum absolute atomic E-state index is 0.385. The van der Waals surface area contributed by atoms with Crippen LogP contribution in [0.4, 0.5) is 11.4 Å². The van der Waals surface area contributed by atoms with E-state index < -0.39 is 0 Å². The molecule has 2 unspecified atom stereocenters. The van der Waals surface area contributed by atoms with Crippen LogP contribution in [0.25, 0.3) is 10.8 Å². The van der Waals surface area contributed by atoms with Crippen LogP contribution in [-0.4, -0.2) is 30.3 Å². The highest BCUT2D eigenvalue weighted by atomic mass is 16.5. The Bertz CT molecular complexity index is 643. The lowest BCUT2D eigenvalue weighted by Crippen LogP contribution is -2.48. The van der Waals surface area contributed by atoms with E-state index in [9.17, 15) is 0 Å². The lowest BCUT2D eigenvalue weighted by molar-refractivity contribution is 0.0257. The van der Waals surface area contributed by atoms with Gasteiger partial charge in [0.05, 0.1) is 30.1 Å². The van der Waals surface area contributed by atoms with Crippen molar-refractivity contribution in [1.82, 2.24) is 4.98 Å². The Kier molecular flexibility index (Phi) is 2.77. The standard InChI is InChI=1S/C16H19N3O/c17-16-12-6-7-18-10-11(12)4-5-14(16)19-8-9-20-15-3-1-2-13(15)19/h4-7,10,13,15H,1-3,8-9,17H2. The normalized spacial score (nSPS) is 25.9. The molecule has 4 nitrogen and oxygen atoms in total. The number of hydrogen-bond donors (Lipinski definition) is 1. The number of pyridine rings is 1. The number of rotatable bonds is 1. The summed E-state index contributed by atoms with van der Waals surface area (Å²) in [6.07, 6.45) is 7.70. The molecule has 0 radical (unpaired) electrons. The van der Waals surface area contributed by atoms with Crippen molar-refractivity contribution >= 4 is 22.1 Å². The van der Waals surface area contributed by atoms with Gasteiger partial charge in [0.15, 0.2) is 0 Å². The molecule has 2 aliphatic rings. The Labute approximate surface area is 118 Å². The van der Waals surface area contributed by atoms with E-state index in [0.717, 1.165) is 35.3 Å². The molecule has 4 heteroatoms. The molecule has 1 aliphatic carbocycles. The molecule has 0 spiro atoms. The van der Waals surface area contributed by atoms with Crippen molar-refractivity contribution in [2.45, 2.75) is 31.4 Å². The maximum absolute atomic E-state index is 6.42. The third kappa shape index (κ3) is 1.75. The number of nitrogen functional groups attached to an aromatic ring is 1. The number of benzene rings is 1. The Balaban J connectivity index is 1.79. The number of aromatic nitrogens is 1. The molecule has 0 amide bonds. The van der Waals surface area contributed by atoms with Crippen LogP contribution in [-0.2, 0) is 4.74 Å². The SMILES string of the molecule is Nc1c(N2CCOC3CCCC32)ccc2cnccc12. The summed E-state index contributed by atoms with van der Waals surface area (Å²) in [5.74, 6) is 0. The second-order valence-electron chi connectivity index (χ2n) is 5.70. The Morgan fingerprint density at radius 1 is 1.25 bits per heavy atom. The fourth-order valence-corrected chi connectivity index (χ4v) is 3.66. The number of morpholine rings is 1. The average Bonchev–Trinajstić information content (AvgIpc) is 2.97. The molecule has 2 fully saturated rings. The number of anilines is 2. The van der Waals surface area contributed by atoms with Gasteiger partial charge in [-0.05, 0) is 31.4 Å². The van der Waals surface area contributed by atoms with Gasteiger partial charge >= 0.3 is 0 Å². The van der Waals surface area contributed by atoms with E-state index >= 15 is 0 Å². The van der Waals surface area contributed by atoms with Crippen LogP contribution in [0.1, 0.15) is 19.3 Å². The maximum Gasteiger partial charge on any atom is 0.0779 e. The molecule has 2 aromatic rings. The van der Waals surface area contributed by atoms with Gasteiger partial charge in [-0.3, -0.25) is 4.98 Å². The van der Waals surface area contributed by atoms with Gasteiger partial charge in [-0.25, -0.2) is 0 Å². The predicted octanol–water partition coefficient (Wildman–Crippen LogP) is 2.57. The monoisotopic (exact) mass is 269 g/mol. The van der Waals surface area contributed by atoms with Gasteiger partial charge in [0.1, 0.15) is 0 Å². The number of fused-ring (bicyclic) bond motifs is 2. The molecule has 4 rings (SSSR count). The van der Waals surface area contributed by atoms with E-state index in [4.69, 9.17) is 10.5 Å². The van der Waals surface area contributed by atoms with E-state index in [1.165, 1.54) is 19.3 Å². The zero-order valence-corrected chi connectivity index (χ0v) is 11.5. The fraction of sp³-hybridized carbons (Fsp3) is 0.438. The number of nitrogens with two attached hydrogens (primary N) is 1. The Morgan fingerprint density at radius 2 is 2.20 bits per heavy atom. The van der Waals surface area contributed by atoms with Crippen molar-refractivity contribution in [3.8, 4) is 0 Å². The summed E-state index contributed by atoms with van der Waals surface area (Å²) < 4.78 is 5.89. The van der Waals surface area contributed by atoms with Crippen molar-refractivity contribution < 1.29 is 4.74 Å². The van der Waals surface area contributed by atoms with E-state index in [1.54, 1.807) is 6.20 Å². The van der Waals surface area contributed by atoms with Gasteiger partial charge in [-0.15, -0.1) is 0 Å². The molecule has 1 aromatic heterocycles. The smallest absolute Gasteiger partial charge is 0.0779 e. The molecule has 2 atom stereocenters. The average molecular weight is 269 g/mol. The first kappa shape index (κ1) is 12.0. The lowest BCUT2D eigenvalue weighted by Gasteiger charge is -2.40. The van der Waals surface area contributed by atoms with E-state index in [2.05, 4.69) is 22.0 Å². The predicted molar refractivity (Wildman–Crippen MR) is 80.9 cm³/mol. The molecular weight excluding hydrogens is 250 g/mol. The summed E-state index contributed by atoms with van der Waals surface area (Å²) in [6.45, 7) is 1.73.